The molecule has 31 heavy (non-hydrogen) atoms. The van der Waals surface area contributed by atoms with Crippen LogP contribution >= 0.6 is 43.2 Å². The Bertz CT molecular complexity index is 827. The van der Waals surface area contributed by atoms with Crippen LogP contribution in [0.2, 0.25) is 0 Å². The first-order chi connectivity index (χ1) is 14.5. The first-order valence-electron chi connectivity index (χ1n) is 8.65. The van der Waals surface area contributed by atoms with E-state index in [9.17, 15) is 14.4 Å². The van der Waals surface area contributed by atoms with Crippen molar-refractivity contribution in [3.8, 4) is 0 Å². The zero-order chi connectivity index (χ0) is 21.8. The summed E-state index contributed by atoms with van der Waals surface area (Å²) in [5, 5.41) is 11.0. The number of hydrogen-bond acceptors (Lipinski definition) is 9. The first kappa shape index (κ1) is 27.2. The summed E-state index contributed by atoms with van der Waals surface area (Å²) in [6.07, 6.45) is -0.652. The number of cyclic esters (lactones) is 2. The normalized spacial score (nSPS) is 15.6. The van der Waals surface area contributed by atoms with Crippen LogP contribution in [0.25, 0.3) is 0 Å². The number of ether oxygens (including phenoxy) is 1. The van der Waals surface area contributed by atoms with Crippen LogP contribution in [0.15, 0.2) is 70.5 Å². The maximum absolute atomic E-state index is 11.1. The van der Waals surface area contributed by atoms with Gasteiger partial charge in [0.2, 0.25) is 0 Å². The molecule has 2 aromatic rings. The standard InChI is InChI=1S/C10H9NO3S2.C9H11NO2S2.CH4/c12-9-8(11-10(13)14-9)6-15-16-7-4-2-1-3-5-7;10-8(9(11)12)6-13-14-7-4-2-1-3-5-7;/h1-5,8H,6H2,(H,11,13);1-5,8H,6,10H2,(H,11,12);1H4/t2*8-;/m00./s1. The zero-order valence-electron chi connectivity index (χ0n) is 15.6. The Kier molecular flexibility index (Phi) is 13.3. The van der Waals surface area contributed by atoms with Crippen LogP contribution in [0, 0.1) is 0 Å². The van der Waals surface area contributed by atoms with Gasteiger partial charge in [0, 0.05) is 21.3 Å². The number of hydrogen-bond donors (Lipinski definition) is 3. The lowest BCUT2D eigenvalue weighted by Crippen LogP contribution is -2.32. The van der Waals surface area contributed by atoms with Crippen molar-refractivity contribution < 1.29 is 24.2 Å². The van der Waals surface area contributed by atoms with Gasteiger partial charge in [0.15, 0.2) is 0 Å². The Morgan fingerprint density at radius 3 is 1.97 bits per heavy atom. The van der Waals surface area contributed by atoms with Gasteiger partial charge >= 0.3 is 18.0 Å². The van der Waals surface area contributed by atoms with Gasteiger partial charge in [0.05, 0.1) is 0 Å². The summed E-state index contributed by atoms with van der Waals surface area (Å²) in [6, 6.07) is 18.3. The molecule has 1 fully saturated rings. The van der Waals surface area contributed by atoms with E-state index in [2.05, 4.69) is 10.1 Å². The third kappa shape index (κ3) is 10.9. The number of aliphatic carboxylic acids is 1. The molecule has 7 nitrogen and oxygen atoms in total. The average molecular weight is 501 g/mol. The smallest absolute Gasteiger partial charge is 0.415 e. The van der Waals surface area contributed by atoms with E-state index in [0.717, 1.165) is 9.79 Å². The number of nitrogens with two attached hydrogens (primary N) is 1. The van der Waals surface area contributed by atoms with E-state index >= 15 is 0 Å². The molecule has 0 aromatic heterocycles. The van der Waals surface area contributed by atoms with Crippen LogP contribution in [-0.4, -0.2) is 46.7 Å². The third-order valence-corrected chi connectivity index (χ3v) is 8.17. The number of carboxylic acids is 1. The van der Waals surface area contributed by atoms with Gasteiger partial charge in [-0.15, -0.1) is 0 Å². The number of nitrogens with one attached hydrogen (secondary N) is 1. The molecule has 0 aliphatic carbocycles. The van der Waals surface area contributed by atoms with Gasteiger partial charge in [-0.2, -0.15) is 0 Å². The quantitative estimate of drug-likeness (QED) is 0.257. The minimum atomic E-state index is -0.953. The van der Waals surface area contributed by atoms with Crippen LogP contribution in [0.1, 0.15) is 7.43 Å². The number of carbonyl (C=O) groups is 3. The molecule has 0 saturated carbocycles. The molecule has 2 atom stereocenters. The highest BCUT2D eigenvalue weighted by Crippen LogP contribution is 2.32. The Hall–Kier alpha value is -1.79. The highest BCUT2D eigenvalue weighted by Gasteiger charge is 2.32. The van der Waals surface area contributed by atoms with Crippen molar-refractivity contribution in [1.29, 1.82) is 0 Å². The number of carbonyl (C=O) groups excluding carboxylic acids is 2. The maximum Gasteiger partial charge on any atom is 0.415 e. The average Bonchev–Trinajstić information content (AvgIpc) is 3.07. The minimum absolute atomic E-state index is 0. The van der Waals surface area contributed by atoms with E-state index in [1.54, 1.807) is 10.8 Å². The molecule has 4 N–H and O–H groups in total. The molecular formula is C20H24N2O5S4. The molecule has 0 spiro atoms. The molecule has 0 bridgehead atoms. The fourth-order valence-corrected chi connectivity index (χ4v) is 6.20. The summed E-state index contributed by atoms with van der Waals surface area (Å²) in [4.78, 5) is 34.4. The van der Waals surface area contributed by atoms with Crippen molar-refractivity contribution >= 4 is 61.2 Å². The lowest BCUT2D eigenvalue weighted by Gasteiger charge is -2.04. The van der Waals surface area contributed by atoms with E-state index in [1.807, 2.05) is 60.7 Å². The monoisotopic (exact) mass is 500 g/mol. The highest BCUT2D eigenvalue weighted by molar-refractivity contribution is 8.77. The van der Waals surface area contributed by atoms with Crippen molar-refractivity contribution in [2.75, 3.05) is 11.5 Å². The van der Waals surface area contributed by atoms with E-state index in [0.29, 0.717) is 11.5 Å². The van der Waals surface area contributed by atoms with Crippen LogP contribution in [0.4, 0.5) is 4.79 Å². The molecule has 3 rings (SSSR count). The van der Waals surface area contributed by atoms with E-state index in [1.165, 1.54) is 32.4 Å². The number of esters is 1. The molecule has 11 heteroatoms. The van der Waals surface area contributed by atoms with Crippen LogP contribution in [-0.2, 0) is 14.3 Å². The summed E-state index contributed by atoms with van der Waals surface area (Å²) < 4.78 is 4.37. The molecule has 168 valence electrons. The van der Waals surface area contributed by atoms with E-state index in [-0.39, 0.29) is 7.43 Å². The van der Waals surface area contributed by atoms with Gasteiger partial charge in [-0.05, 0) is 24.3 Å². The van der Waals surface area contributed by atoms with E-state index in [4.69, 9.17) is 10.8 Å². The molecule has 1 heterocycles. The number of amides is 1. The van der Waals surface area contributed by atoms with Gasteiger partial charge in [0.25, 0.3) is 0 Å². The maximum atomic E-state index is 11.1. The highest BCUT2D eigenvalue weighted by atomic mass is 33.1. The van der Waals surface area contributed by atoms with Crippen LogP contribution in [0.5, 0.6) is 0 Å². The lowest BCUT2D eigenvalue weighted by atomic mass is 10.4. The molecular weight excluding hydrogens is 476 g/mol. The fraction of sp³-hybridized carbons (Fsp3) is 0.250. The van der Waals surface area contributed by atoms with Crippen molar-refractivity contribution in [2.45, 2.75) is 29.3 Å². The predicted octanol–water partition coefficient (Wildman–Crippen LogP) is 4.54. The number of alkyl carbamates (subject to hydrolysis) is 1. The van der Waals surface area contributed by atoms with Gasteiger partial charge in [0.1, 0.15) is 12.1 Å². The Labute approximate surface area is 197 Å². The SMILES string of the molecule is C.N[C@@H](CSSc1ccccc1)C(=O)O.O=C1N[C@@H](CSSc2ccccc2)C(=O)O1. The summed E-state index contributed by atoms with van der Waals surface area (Å²) in [5.41, 5.74) is 5.35. The van der Waals surface area contributed by atoms with Gasteiger partial charge in [-0.3, -0.25) is 4.79 Å². The zero-order valence-corrected chi connectivity index (χ0v) is 18.9. The number of benzene rings is 2. The van der Waals surface area contributed by atoms with Crippen LogP contribution < -0.4 is 11.1 Å². The fourth-order valence-electron chi connectivity index (χ4n) is 1.87. The second-order valence-electron chi connectivity index (χ2n) is 5.71. The molecule has 0 unspecified atom stereocenters. The van der Waals surface area contributed by atoms with Gasteiger partial charge in [-0.1, -0.05) is 87.0 Å². The Morgan fingerprint density at radius 2 is 1.52 bits per heavy atom. The third-order valence-electron chi connectivity index (χ3n) is 3.37. The predicted molar refractivity (Wildman–Crippen MR) is 130 cm³/mol. The second kappa shape index (κ2) is 15.1. The lowest BCUT2D eigenvalue weighted by molar-refractivity contribution is -0.138. The molecule has 1 aliphatic rings. The van der Waals surface area contributed by atoms with Crippen molar-refractivity contribution in [2.24, 2.45) is 5.73 Å². The summed E-state index contributed by atoms with van der Waals surface area (Å²) in [6.45, 7) is 0. The molecule has 0 radical (unpaired) electrons. The summed E-state index contributed by atoms with van der Waals surface area (Å²) in [5.74, 6) is -0.531. The van der Waals surface area contributed by atoms with Gasteiger partial charge < -0.3 is 20.9 Å². The van der Waals surface area contributed by atoms with Gasteiger partial charge in [-0.25, -0.2) is 9.59 Å². The Morgan fingerprint density at radius 1 is 1.00 bits per heavy atom. The van der Waals surface area contributed by atoms with Crippen LogP contribution in [0.3, 0.4) is 0 Å². The summed E-state index contributed by atoms with van der Waals surface area (Å²) >= 11 is 0. The number of rotatable bonds is 9. The first-order valence-corrected chi connectivity index (χ1v) is 13.3. The second-order valence-corrected chi connectivity index (χ2v) is 10.5. The largest absolute Gasteiger partial charge is 0.480 e. The minimum Gasteiger partial charge on any atom is -0.480 e. The van der Waals surface area contributed by atoms with Crippen molar-refractivity contribution in [1.82, 2.24) is 5.32 Å². The molecule has 1 aliphatic heterocycles. The topological polar surface area (TPSA) is 119 Å². The Balaban J connectivity index is 0.000000303. The van der Waals surface area contributed by atoms with Crippen molar-refractivity contribution in [3.63, 3.8) is 0 Å². The van der Waals surface area contributed by atoms with Crippen molar-refractivity contribution in [3.05, 3.63) is 60.7 Å². The van der Waals surface area contributed by atoms with E-state index < -0.39 is 30.1 Å². The number of carboxylic acid groups (broad SMARTS) is 1. The molecule has 1 saturated heterocycles. The summed E-state index contributed by atoms with van der Waals surface area (Å²) in [7, 11) is 6.07. The molecule has 2 aromatic carbocycles. The molecule has 1 amide bonds.